The van der Waals surface area contributed by atoms with Gasteiger partial charge in [0.05, 0.1) is 12.6 Å². The van der Waals surface area contributed by atoms with Crippen molar-refractivity contribution in [3.63, 3.8) is 0 Å². The smallest absolute Gasteiger partial charge is 0.249 e. The topological polar surface area (TPSA) is 97.5 Å². The van der Waals surface area contributed by atoms with Crippen LogP contribution < -0.4 is 19.9 Å². The van der Waals surface area contributed by atoms with E-state index in [1.165, 1.54) is 6.20 Å². The fourth-order valence-electron chi connectivity index (χ4n) is 2.91. The summed E-state index contributed by atoms with van der Waals surface area (Å²) in [5.41, 5.74) is 8.22. The minimum absolute atomic E-state index is 0.196. The molecule has 2 N–H and O–H groups in total. The summed E-state index contributed by atoms with van der Waals surface area (Å²) in [4.78, 5) is 0. The van der Waals surface area contributed by atoms with E-state index in [4.69, 9.17) is 19.7 Å². The fraction of sp³-hybridized carbons (Fsp3) is 0.130. The molecule has 0 saturated carbocycles. The summed E-state index contributed by atoms with van der Waals surface area (Å²) in [5, 5.41) is 16.6. The number of benzene rings is 2. The van der Waals surface area contributed by atoms with Crippen LogP contribution in [0.5, 0.6) is 11.5 Å². The molecule has 0 fully saturated rings. The third kappa shape index (κ3) is 4.59. The third-order valence-electron chi connectivity index (χ3n) is 4.48. The molecule has 2 aromatic carbocycles. The van der Waals surface area contributed by atoms with E-state index in [1.807, 2.05) is 60.7 Å². The van der Waals surface area contributed by atoms with E-state index in [0.29, 0.717) is 40.9 Å². The van der Waals surface area contributed by atoms with E-state index in [9.17, 15) is 5.21 Å². The van der Waals surface area contributed by atoms with Crippen LogP contribution in [0.2, 0.25) is 0 Å². The van der Waals surface area contributed by atoms with Crippen LogP contribution >= 0.6 is 0 Å². The number of hydrogen-bond acceptors (Lipinski definition) is 6. The Bertz CT molecular complexity index is 1100. The number of aromatic nitrogens is 2. The van der Waals surface area contributed by atoms with E-state index >= 15 is 0 Å². The Morgan fingerprint density at radius 2 is 1.47 bits per heavy atom. The molecule has 7 nitrogen and oxygen atoms in total. The lowest BCUT2D eigenvalue weighted by Gasteiger charge is -2.14. The molecule has 4 aromatic rings. The molecule has 0 aliphatic carbocycles. The standard InChI is InChI=1S/C23H21N3O4/c24-13-19-11-20(25-30-19)21-12-22(28-15-17-7-3-1-4-8-17)23(14-26(21)27)29-16-18-9-5-2-6-10-18/h1-12,14H,13,15-16,24H2. The van der Waals surface area contributed by atoms with E-state index < -0.39 is 0 Å². The van der Waals surface area contributed by atoms with E-state index in [1.54, 1.807) is 12.1 Å². The van der Waals surface area contributed by atoms with Crippen LogP contribution in [0.15, 0.2) is 83.5 Å². The number of ether oxygens (including phenoxy) is 2. The maximum absolute atomic E-state index is 12.6. The molecule has 0 unspecified atom stereocenters. The second-order valence-electron chi connectivity index (χ2n) is 6.64. The van der Waals surface area contributed by atoms with Gasteiger partial charge < -0.3 is 24.9 Å². The summed E-state index contributed by atoms with van der Waals surface area (Å²) >= 11 is 0. The largest absolute Gasteiger partial charge is 0.618 e. The molecule has 30 heavy (non-hydrogen) atoms. The first-order valence-corrected chi connectivity index (χ1v) is 9.49. The van der Waals surface area contributed by atoms with Gasteiger partial charge in [0.25, 0.3) is 0 Å². The van der Waals surface area contributed by atoms with Gasteiger partial charge in [-0.25, -0.2) is 0 Å². The number of pyridine rings is 1. The van der Waals surface area contributed by atoms with Crippen molar-refractivity contribution in [1.82, 2.24) is 5.16 Å². The Balaban J connectivity index is 1.63. The molecule has 0 spiro atoms. The first kappa shape index (κ1) is 19.5. The van der Waals surface area contributed by atoms with E-state index in [-0.39, 0.29) is 12.2 Å². The Kier molecular flexibility index (Phi) is 5.91. The minimum Gasteiger partial charge on any atom is -0.618 e. The summed E-state index contributed by atoms with van der Waals surface area (Å²) in [6.45, 7) is 0.836. The lowest BCUT2D eigenvalue weighted by atomic mass is 10.2. The van der Waals surface area contributed by atoms with Crippen molar-refractivity contribution in [1.29, 1.82) is 0 Å². The van der Waals surface area contributed by atoms with Crippen LogP contribution in [-0.4, -0.2) is 5.16 Å². The Labute approximate surface area is 173 Å². The fourth-order valence-corrected chi connectivity index (χ4v) is 2.91. The quantitative estimate of drug-likeness (QED) is 0.357. The van der Waals surface area contributed by atoms with Gasteiger partial charge in [-0.2, -0.15) is 4.73 Å². The van der Waals surface area contributed by atoms with Crippen molar-refractivity contribution < 1.29 is 18.7 Å². The Morgan fingerprint density at radius 1 is 0.867 bits per heavy atom. The molecular weight excluding hydrogens is 382 g/mol. The lowest BCUT2D eigenvalue weighted by molar-refractivity contribution is -0.594. The highest BCUT2D eigenvalue weighted by Gasteiger charge is 2.21. The van der Waals surface area contributed by atoms with Crippen molar-refractivity contribution in [2.75, 3.05) is 0 Å². The molecule has 0 aliphatic heterocycles. The predicted octanol–water partition coefficient (Wildman–Crippen LogP) is 3.59. The van der Waals surface area contributed by atoms with Gasteiger partial charge in [0, 0.05) is 6.07 Å². The summed E-state index contributed by atoms with van der Waals surface area (Å²) in [7, 11) is 0. The Morgan fingerprint density at radius 3 is 2.03 bits per heavy atom. The SMILES string of the molecule is NCc1cc(-c2cc(OCc3ccccc3)c(OCc3ccccc3)c[n+]2[O-])no1. The lowest BCUT2D eigenvalue weighted by Crippen LogP contribution is -2.29. The maximum Gasteiger partial charge on any atom is 0.249 e. The highest BCUT2D eigenvalue weighted by Crippen LogP contribution is 2.31. The first-order valence-electron chi connectivity index (χ1n) is 9.49. The summed E-state index contributed by atoms with van der Waals surface area (Å²) in [6.07, 6.45) is 1.34. The molecule has 4 rings (SSSR count). The van der Waals surface area contributed by atoms with Crippen LogP contribution in [0, 0.1) is 5.21 Å². The van der Waals surface area contributed by atoms with Gasteiger partial charge in [0.15, 0.2) is 17.2 Å². The van der Waals surface area contributed by atoms with Gasteiger partial charge in [-0.1, -0.05) is 65.8 Å². The molecular formula is C23H21N3O4. The number of nitrogens with two attached hydrogens (primary N) is 1. The average Bonchev–Trinajstić information content (AvgIpc) is 3.27. The predicted molar refractivity (Wildman–Crippen MR) is 110 cm³/mol. The second kappa shape index (κ2) is 9.11. The minimum atomic E-state index is 0.196. The number of hydrogen-bond donors (Lipinski definition) is 1. The molecule has 0 saturated heterocycles. The van der Waals surface area contributed by atoms with Crippen molar-refractivity contribution in [3.05, 3.63) is 101 Å². The second-order valence-corrected chi connectivity index (χ2v) is 6.64. The van der Waals surface area contributed by atoms with Gasteiger partial charge in [0.2, 0.25) is 17.6 Å². The van der Waals surface area contributed by atoms with Crippen molar-refractivity contribution in [3.8, 4) is 22.9 Å². The monoisotopic (exact) mass is 403 g/mol. The number of rotatable bonds is 8. The molecule has 2 heterocycles. The molecule has 0 bridgehead atoms. The molecule has 0 aliphatic rings. The highest BCUT2D eigenvalue weighted by atomic mass is 16.5. The molecule has 0 atom stereocenters. The van der Waals surface area contributed by atoms with Gasteiger partial charge in [-0.15, -0.1) is 0 Å². The van der Waals surface area contributed by atoms with Crippen molar-refractivity contribution >= 4 is 0 Å². The average molecular weight is 403 g/mol. The molecule has 7 heteroatoms. The van der Waals surface area contributed by atoms with Gasteiger partial charge in [-0.3, -0.25) is 0 Å². The van der Waals surface area contributed by atoms with Gasteiger partial charge in [0.1, 0.15) is 13.2 Å². The molecule has 2 aromatic heterocycles. The van der Waals surface area contributed by atoms with Gasteiger partial charge in [-0.05, 0) is 11.1 Å². The normalized spacial score (nSPS) is 10.7. The highest BCUT2D eigenvalue weighted by molar-refractivity contribution is 5.55. The van der Waals surface area contributed by atoms with Crippen LogP contribution in [0.1, 0.15) is 16.9 Å². The van der Waals surface area contributed by atoms with Crippen LogP contribution in [-0.2, 0) is 19.8 Å². The van der Waals surface area contributed by atoms with E-state index in [2.05, 4.69) is 5.16 Å². The Hall–Kier alpha value is -3.84. The van der Waals surface area contributed by atoms with Crippen LogP contribution in [0.4, 0.5) is 0 Å². The number of nitrogens with zero attached hydrogens (tertiary/aromatic N) is 2. The zero-order valence-electron chi connectivity index (χ0n) is 16.2. The van der Waals surface area contributed by atoms with Crippen LogP contribution in [0.3, 0.4) is 0 Å². The summed E-state index contributed by atoms with van der Waals surface area (Å²) in [5.74, 6) is 1.27. The zero-order valence-corrected chi connectivity index (χ0v) is 16.2. The van der Waals surface area contributed by atoms with E-state index in [0.717, 1.165) is 11.1 Å². The zero-order chi connectivity index (χ0) is 20.8. The summed E-state index contributed by atoms with van der Waals surface area (Å²) in [6, 6.07) is 22.7. The molecule has 152 valence electrons. The maximum atomic E-state index is 12.6. The van der Waals surface area contributed by atoms with Crippen LogP contribution in [0.25, 0.3) is 11.4 Å². The molecule has 0 radical (unpaired) electrons. The van der Waals surface area contributed by atoms with Crippen molar-refractivity contribution in [2.24, 2.45) is 5.73 Å². The van der Waals surface area contributed by atoms with Gasteiger partial charge >= 0.3 is 0 Å². The molecule has 0 amide bonds. The van der Waals surface area contributed by atoms with Crippen molar-refractivity contribution in [2.45, 2.75) is 19.8 Å². The summed E-state index contributed by atoms with van der Waals surface area (Å²) < 4.78 is 17.7. The first-order chi connectivity index (χ1) is 14.7. The third-order valence-corrected chi connectivity index (χ3v) is 4.48.